The highest BCUT2D eigenvalue weighted by Gasteiger charge is 2.51. The van der Waals surface area contributed by atoms with Gasteiger partial charge in [-0.25, -0.2) is 0 Å². The number of nitrogens with zero attached hydrogens (tertiary/aromatic N) is 3. The normalized spacial score (nSPS) is 21.5. The molecule has 1 fully saturated rings. The zero-order chi connectivity index (χ0) is 22.2. The lowest BCUT2D eigenvalue weighted by Gasteiger charge is -2.32. The van der Waals surface area contributed by atoms with Crippen LogP contribution in [0.5, 0.6) is 6.01 Å². The number of aromatic nitrogens is 2. The first kappa shape index (κ1) is 21.8. The highest BCUT2D eigenvalue weighted by atomic mass is 16.7. The van der Waals surface area contributed by atoms with Crippen LogP contribution in [0.15, 0.2) is 30.5 Å². The summed E-state index contributed by atoms with van der Waals surface area (Å²) in [7, 11) is -0.349. The van der Waals surface area contributed by atoms with Crippen LogP contribution in [0.25, 0.3) is 0 Å². The van der Waals surface area contributed by atoms with Crippen LogP contribution in [0.2, 0.25) is 0 Å². The predicted octanol–water partition coefficient (Wildman–Crippen LogP) is 2.50. The Morgan fingerprint density at radius 1 is 1.23 bits per heavy atom. The third kappa shape index (κ3) is 4.61. The number of rotatable bonds is 7. The van der Waals surface area contributed by atoms with Gasteiger partial charge in [0, 0.05) is 11.6 Å². The lowest BCUT2D eigenvalue weighted by Crippen LogP contribution is -2.41. The molecule has 2 aliphatic heterocycles. The molecule has 1 atom stereocenters. The Morgan fingerprint density at radius 3 is 2.55 bits per heavy atom. The van der Waals surface area contributed by atoms with Crippen LogP contribution in [0.4, 0.5) is 5.82 Å². The van der Waals surface area contributed by atoms with Crippen molar-refractivity contribution in [2.24, 2.45) is 0 Å². The van der Waals surface area contributed by atoms with E-state index >= 15 is 0 Å². The van der Waals surface area contributed by atoms with Crippen molar-refractivity contribution in [3.63, 3.8) is 0 Å². The molecule has 0 N–H and O–H groups in total. The third-order valence-electron chi connectivity index (χ3n) is 6.18. The average Bonchev–Trinajstić information content (AvgIpc) is 3.23. The number of hydrogen-bond acceptors (Lipinski definition) is 7. The molecule has 4 rings (SSSR count). The highest BCUT2D eigenvalue weighted by molar-refractivity contribution is 6.62. The van der Waals surface area contributed by atoms with E-state index in [2.05, 4.69) is 29.2 Å². The molecule has 1 saturated heterocycles. The van der Waals surface area contributed by atoms with E-state index in [-0.39, 0.29) is 36.3 Å². The molecule has 3 heterocycles. The minimum atomic E-state index is -0.525. The molecule has 0 spiro atoms. The van der Waals surface area contributed by atoms with E-state index in [1.807, 2.05) is 27.7 Å². The summed E-state index contributed by atoms with van der Waals surface area (Å²) in [4.78, 5) is 14.1. The van der Waals surface area contributed by atoms with E-state index in [0.717, 1.165) is 18.3 Å². The monoisotopic (exact) mass is 429 g/mol. The maximum atomic E-state index is 10.8. The van der Waals surface area contributed by atoms with E-state index < -0.39 is 4.92 Å². The molecule has 0 amide bonds. The van der Waals surface area contributed by atoms with Gasteiger partial charge in [0.05, 0.1) is 17.7 Å². The Balaban J connectivity index is 1.22. The topological polar surface area (TPSA) is 97.9 Å². The maximum absolute atomic E-state index is 10.8. The predicted molar refractivity (Wildman–Crippen MR) is 115 cm³/mol. The van der Waals surface area contributed by atoms with Crippen molar-refractivity contribution in [1.29, 1.82) is 0 Å². The van der Waals surface area contributed by atoms with Gasteiger partial charge in [0.2, 0.25) is 0 Å². The molecule has 1 aromatic heterocycles. The van der Waals surface area contributed by atoms with Gasteiger partial charge in [-0.3, -0.25) is 4.57 Å². The largest absolute Gasteiger partial charge is 0.494 e. The SMILES string of the molecule is CC1(C)OB(c2ccc(CCCO[C@@H]3COc4nc([N+](=O)[O-])cn4C3)cc2)OC1(C)C. The van der Waals surface area contributed by atoms with Gasteiger partial charge in [0.1, 0.15) is 18.9 Å². The van der Waals surface area contributed by atoms with E-state index in [1.165, 1.54) is 11.8 Å². The van der Waals surface area contributed by atoms with Crippen molar-refractivity contribution in [3.05, 3.63) is 46.1 Å². The lowest BCUT2D eigenvalue weighted by atomic mass is 9.79. The molecule has 0 unspecified atom stereocenters. The summed E-state index contributed by atoms with van der Waals surface area (Å²) in [6.45, 7) is 9.62. The fourth-order valence-electron chi connectivity index (χ4n) is 3.61. The molecule has 1 aromatic carbocycles. The van der Waals surface area contributed by atoms with Crippen molar-refractivity contribution in [1.82, 2.24) is 9.55 Å². The standard InChI is InChI=1S/C21H28BN3O6/c1-20(2)21(3,4)31-22(30-20)16-9-7-15(8-10-16)6-5-11-28-17-12-24-13-18(25(26)27)23-19(24)29-14-17/h7-10,13,17H,5-6,11-12,14H2,1-4H3/t17-/m0/s1. The second-order valence-corrected chi connectivity index (χ2v) is 9.03. The highest BCUT2D eigenvalue weighted by Crippen LogP contribution is 2.36. The summed E-state index contributed by atoms with van der Waals surface area (Å²) in [5, 5.41) is 10.8. The van der Waals surface area contributed by atoms with Gasteiger partial charge >= 0.3 is 18.9 Å². The quantitative estimate of drug-likeness (QED) is 0.289. The smallest absolute Gasteiger partial charge is 0.443 e. The van der Waals surface area contributed by atoms with Crippen molar-refractivity contribution in [3.8, 4) is 6.01 Å². The molecule has 0 bridgehead atoms. The van der Waals surface area contributed by atoms with Crippen molar-refractivity contribution in [2.75, 3.05) is 13.2 Å². The fourth-order valence-corrected chi connectivity index (χ4v) is 3.61. The number of benzene rings is 1. The molecule has 9 nitrogen and oxygen atoms in total. The van der Waals surface area contributed by atoms with E-state index in [9.17, 15) is 10.1 Å². The molecular weight excluding hydrogens is 401 g/mol. The van der Waals surface area contributed by atoms with Gasteiger partial charge in [0.25, 0.3) is 0 Å². The molecule has 31 heavy (non-hydrogen) atoms. The first-order valence-electron chi connectivity index (χ1n) is 10.5. The van der Waals surface area contributed by atoms with Gasteiger partial charge in [-0.2, -0.15) is 0 Å². The Bertz CT molecular complexity index is 927. The summed E-state index contributed by atoms with van der Waals surface area (Å²) < 4.78 is 25.2. The van der Waals surface area contributed by atoms with Crippen LogP contribution in [0.1, 0.15) is 39.7 Å². The molecule has 166 valence electrons. The van der Waals surface area contributed by atoms with E-state index in [4.69, 9.17) is 18.8 Å². The maximum Gasteiger partial charge on any atom is 0.494 e. The zero-order valence-corrected chi connectivity index (χ0v) is 18.4. The van der Waals surface area contributed by atoms with Gasteiger partial charge in [0.15, 0.2) is 0 Å². The van der Waals surface area contributed by atoms with Crippen LogP contribution >= 0.6 is 0 Å². The minimum absolute atomic E-state index is 0.146. The second-order valence-electron chi connectivity index (χ2n) is 9.03. The summed E-state index contributed by atoms with van der Waals surface area (Å²) >= 11 is 0. The number of hydrogen-bond donors (Lipinski definition) is 0. The van der Waals surface area contributed by atoms with Crippen molar-refractivity contribution < 1.29 is 23.7 Å². The van der Waals surface area contributed by atoms with Crippen molar-refractivity contribution >= 4 is 18.4 Å². The Kier molecular flexibility index (Phi) is 5.80. The van der Waals surface area contributed by atoms with Crippen LogP contribution in [0.3, 0.4) is 0 Å². The van der Waals surface area contributed by atoms with Crippen LogP contribution < -0.4 is 10.2 Å². The Morgan fingerprint density at radius 2 is 1.90 bits per heavy atom. The third-order valence-corrected chi connectivity index (χ3v) is 6.18. The van der Waals surface area contributed by atoms with Crippen molar-refractivity contribution in [2.45, 2.75) is 64.4 Å². The van der Waals surface area contributed by atoms with E-state index in [1.54, 1.807) is 4.57 Å². The average molecular weight is 429 g/mol. The van der Waals surface area contributed by atoms with E-state index in [0.29, 0.717) is 19.8 Å². The summed E-state index contributed by atoms with van der Waals surface area (Å²) in [5.41, 5.74) is 1.54. The molecule has 2 aromatic rings. The van der Waals surface area contributed by atoms with Crippen LogP contribution in [-0.2, 0) is 27.0 Å². The molecule has 0 saturated carbocycles. The second kappa shape index (κ2) is 8.25. The number of ether oxygens (including phenoxy) is 2. The fraction of sp³-hybridized carbons (Fsp3) is 0.571. The van der Waals surface area contributed by atoms with Gasteiger partial charge in [-0.1, -0.05) is 24.3 Å². The Labute approximate surface area is 181 Å². The molecule has 0 radical (unpaired) electrons. The summed E-state index contributed by atoms with van der Waals surface area (Å²) in [6.07, 6.45) is 2.99. The number of aryl methyl sites for hydroxylation is 1. The molecule has 2 aliphatic rings. The summed E-state index contributed by atoms with van der Waals surface area (Å²) in [5.74, 6) is -0.209. The Hall–Kier alpha value is -2.43. The molecule has 10 heteroatoms. The van der Waals surface area contributed by atoms with Gasteiger partial charge in [-0.15, -0.1) is 0 Å². The zero-order valence-electron chi connectivity index (χ0n) is 18.4. The minimum Gasteiger partial charge on any atom is -0.443 e. The molecule has 0 aliphatic carbocycles. The first-order valence-corrected chi connectivity index (χ1v) is 10.5. The number of nitro groups is 1. The summed E-state index contributed by atoms with van der Waals surface area (Å²) in [6, 6.07) is 8.58. The lowest BCUT2D eigenvalue weighted by molar-refractivity contribution is -0.389. The van der Waals surface area contributed by atoms with Gasteiger partial charge in [-0.05, 0) is 56.5 Å². The van der Waals surface area contributed by atoms with Crippen LogP contribution in [-0.4, -0.2) is 52.1 Å². The van der Waals surface area contributed by atoms with Gasteiger partial charge < -0.3 is 28.9 Å². The molecular formula is C21H28BN3O6. The first-order chi connectivity index (χ1) is 14.6. The number of imidazole rings is 1. The van der Waals surface area contributed by atoms with Crippen LogP contribution in [0, 0.1) is 10.1 Å². The number of fused-ring (bicyclic) bond motifs is 1.